The van der Waals surface area contributed by atoms with Gasteiger partial charge in [0, 0.05) is 18.9 Å². The number of hydrogen-bond donors (Lipinski definition) is 2. The lowest BCUT2D eigenvalue weighted by Crippen LogP contribution is -2.36. The van der Waals surface area contributed by atoms with Crippen LogP contribution in [-0.2, 0) is 21.4 Å². The van der Waals surface area contributed by atoms with Crippen LogP contribution in [0.2, 0.25) is 0 Å². The number of aryl methyl sites for hydroxylation is 1. The number of amides is 1. The molecule has 0 fully saturated rings. The molecule has 0 atom stereocenters. The van der Waals surface area contributed by atoms with Gasteiger partial charge in [0.2, 0.25) is 15.9 Å². The van der Waals surface area contributed by atoms with Crippen LogP contribution in [-0.4, -0.2) is 33.0 Å². The Bertz CT molecular complexity index is 807. The SMILES string of the molecule is COc1ccc(S(=O)(=O)NCC(=O)NCc2ccncc2)cc1C. The highest BCUT2D eigenvalue weighted by Gasteiger charge is 2.16. The van der Waals surface area contributed by atoms with Gasteiger partial charge in [-0.2, -0.15) is 0 Å². The number of carbonyl (C=O) groups is 1. The second-order valence-electron chi connectivity index (χ2n) is 5.09. The third-order valence-corrected chi connectivity index (χ3v) is 4.74. The number of ether oxygens (including phenoxy) is 1. The lowest BCUT2D eigenvalue weighted by Gasteiger charge is -2.10. The van der Waals surface area contributed by atoms with Crippen LogP contribution in [0, 0.1) is 6.92 Å². The van der Waals surface area contributed by atoms with Gasteiger partial charge in [0.15, 0.2) is 0 Å². The molecule has 8 heteroatoms. The first-order valence-electron chi connectivity index (χ1n) is 7.22. The van der Waals surface area contributed by atoms with E-state index in [-0.39, 0.29) is 11.4 Å². The second-order valence-corrected chi connectivity index (χ2v) is 6.86. The molecule has 0 radical (unpaired) electrons. The predicted molar refractivity (Wildman–Crippen MR) is 89.0 cm³/mol. The molecule has 1 heterocycles. The van der Waals surface area contributed by atoms with Gasteiger partial charge in [-0.15, -0.1) is 0 Å². The summed E-state index contributed by atoms with van der Waals surface area (Å²) >= 11 is 0. The molecule has 2 rings (SSSR count). The van der Waals surface area contributed by atoms with Crippen LogP contribution in [0.1, 0.15) is 11.1 Å². The Balaban J connectivity index is 1.92. The normalized spacial score (nSPS) is 11.1. The third kappa shape index (κ3) is 4.77. The zero-order chi connectivity index (χ0) is 17.6. The van der Waals surface area contributed by atoms with E-state index in [4.69, 9.17) is 4.74 Å². The Hall–Kier alpha value is -2.45. The van der Waals surface area contributed by atoms with Crippen LogP contribution in [0.5, 0.6) is 5.75 Å². The van der Waals surface area contributed by atoms with E-state index in [0.29, 0.717) is 17.9 Å². The van der Waals surface area contributed by atoms with Crippen molar-refractivity contribution in [3.8, 4) is 5.75 Å². The highest BCUT2D eigenvalue weighted by molar-refractivity contribution is 7.89. The number of sulfonamides is 1. The molecule has 0 spiro atoms. The summed E-state index contributed by atoms with van der Waals surface area (Å²) < 4.78 is 31.8. The number of pyridine rings is 1. The first-order valence-corrected chi connectivity index (χ1v) is 8.70. The number of nitrogens with one attached hydrogen (secondary N) is 2. The Kier molecular flexibility index (Phi) is 5.88. The lowest BCUT2D eigenvalue weighted by atomic mass is 10.2. The van der Waals surface area contributed by atoms with Crippen molar-refractivity contribution in [1.29, 1.82) is 0 Å². The van der Waals surface area contributed by atoms with Crippen molar-refractivity contribution in [3.05, 3.63) is 53.9 Å². The monoisotopic (exact) mass is 349 g/mol. The van der Waals surface area contributed by atoms with Crippen LogP contribution in [0.4, 0.5) is 0 Å². The number of aromatic nitrogens is 1. The quantitative estimate of drug-likeness (QED) is 0.777. The van der Waals surface area contributed by atoms with Gasteiger partial charge in [-0.25, -0.2) is 13.1 Å². The maximum Gasteiger partial charge on any atom is 0.241 e. The van der Waals surface area contributed by atoms with Gasteiger partial charge >= 0.3 is 0 Å². The summed E-state index contributed by atoms with van der Waals surface area (Å²) in [5, 5.41) is 2.64. The fraction of sp³-hybridized carbons (Fsp3) is 0.250. The van der Waals surface area contributed by atoms with E-state index in [1.165, 1.54) is 19.2 Å². The van der Waals surface area contributed by atoms with E-state index in [9.17, 15) is 13.2 Å². The first kappa shape index (κ1) is 17.9. The van der Waals surface area contributed by atoms with Crippen LogP contribution >= 0.6 is 0 Å². The van der Waals surface area contributed by atoms with Crippen LogP contribution in [0.3, 0.4) is 0 Å². The van der Waals surface area contributed by atoms with Crippen LogP contribution in [0.15, 0.2) is 47.6 Å². The zero-order valence-electron chi connectivity index (χ0n) is 13.4. The fourth-order valence-electron chi connectivity index (χ4n) is 2.03. The van der Waals surface area contributed by atoms with E-state index in [2.05, 4.69) is 15.0 Å². The fourth-order valence-corrected chi connectivity index (χ4v) is 3.09. The molecule has 1 amide bonds. The van der Waals surface area contributed by atoms with E-state index < -0.39 is 15.9 Å². The third-order valence-electron chi connectivity index (χ3n) is 3.34. The molecule has 0 saturated heterocycles. The van der Waals surface area contributed by atoms with E-state index in [0.717, 1.165) is 5.56 Å². The number of rotatable bonds is 7. The minimum absolute atomic E-state index is 0.0859. The van der Waals surface area contributed by atoms with E-state index >= 15 is 0 Å². The molecule has 0 aliphatic heterocycles. The van der Waals surface area contributed by atoms with Crippen molar-refractivity contribution < 1.29 is 17.9 Å². The summed E-state index contributed by atoms with van der Waals surface area (Å²) in [6, 6.07) is 8.04. The van der Waals surface area contributed by atoms with Crippen molar-refractivity contribution in [2.75, 3.05) is 13.7 Å². The smallest absolute Gasteiger partial charge is 0.241 e. The van der Waals surface area contributed by atoms with E-state index in [1.54, 1.807) is 37.5 Å². The molecule has 0 aliphatic rings. The molecule has 0 unspecified atom stereocenters. The standard InChI is InChI=1S/C16H19N3O4S/c1-12-9-14(3-4-15(12)23-2)24(21,22)19-11-16(20)18-10-13-5-7-17-8-6-13/h3-9,19H,10-11H2,1-2H3,(H,18,20). The van der Waals surface area contributed by atoms with Gasteiger partial charge in [0.25, 0.3) is 0 Å². The first-order chi connectivity index (χ1) is 11.4. The molecule has 1 aromatic carbocycles. The summed E-state index contributed by atoms with van der Waals surface area (Å²) in [6.07, 6.45) is 3.24. The van der Waals surface area contributed by atoms with Crippen LogP contribution in [0.25, 0.3) is 0 Å². The molecule has 7 nitrogen and oxygen atoms in total. The number of methoxy groups -OCH3 is 1. The summed E-state index contributed by atoms with van der Waals surface area (Å²) in [5.74, 6) is 0.185. The molecule has 0 bridgehead atoms. The number of benzene rings is 1. The average Bonchev–Trinajstić information content (AvgIpc) is 2.59. The minimum Gasteiger partial charge on any atom is -0.496 e. The zero-order valence-corrected chi connectivity index (χ0v) is 14.3. The molecular formula is C16H19N3O4S. The number of carbonyl (C=O) groups excluding carboxylic acids is 1. The Morgan fingerprint density at radius 2 is 1.92 bits per heavy atom. The molecule has 1 aromatic heterocycles. The maximum atomic E-state index is 12.2. The summed E-state index contributed by atoms with van der Waals surface area (Å²) in [7, 11) is -2.25. The molecule has 2 N–H and O–H groups in total. The molecule has 0 saturated carbocycles. The van der Waals surface area contributed by atoms with Gasteiger partial charge in [0.05, 0.1) is 18.6 Å². The molecule has 0 aliphatic carbocycles. The lowest BCUT2D eigenvalue weighted by molar-refractivity contribution is -0.120. The van der Waals surface area contributed by atoms with Crippen molar-refractivity contribution in [2.24, 2.45) is 0 Å². The van der Waals surface area contributed by atoms with Crippen LogP contribution < -0.4 is 14.8 Å². The molecule has 128 valence electrons. The van der Waals surface area contributed by atoms with Gasteiger partial charge in [-0.3, -0.25) is 9.78 Å². The van der Waals surface area contributed by atoms with Crippen molar-refractivity contribution in [3.63, 3.8) is 0 Å². The Morgan fingerprint density at radius 1 is 1.21 bits per heavy atom. The van der Waals surface area contributed by atoms with Gasteiger partial charge in [-0.05, 0) is 48.4 Å². The Labute approximate surface area is 141 Å². The van der Waals surface area contributed by atoms with Gasteiger partial charge in [-0.1, -0.05) is 0 Å². The molecule has 2 aromatic rings. The second kappa shape index (κ2) is 7.89. The van der Waals surface area contributed by atoms with Crippen molar-refractivity contribution >= 4 is 15.9 Å². The summed E-state index contributed by atoms with van der Waals surface area (Å²) in [4.78, 5) is 15.8. The highest BCUT2D eigenvalue weighted by atomic mass is 32.2. The number of hydrogen-bond acceptors (Lipinski definition) is 5. The van der Waals surface area contributed by atoms with Gasteiger partial charge in [0.1, 0.15) is 5.75 Å². The van der Waals surface area contributed by atoms with Crippen molar-refractivity contribution in [1.82, 2.24) is 15.0 Å². The van der Waals surface area contributed by atoms with Crippen molar-refractivity contribution in [2.45, 2.75) is 18.4 Å². The topological polar surface area (TPSA) is 97.4 Å². The van der Waals surface area contributed by atoms with Gasteiger partial charge < -0.3 is 10.1 Å². The Morgan fingerprint density at radius 3 is 2.54 bits per heavy atom. The average molecular weight is 349 g/mol. The number of nitrogens with zero attached hydrogens (tertiary/aromatic N) is 1. The minimum atomic E-state index is -3.76. The highest BCUT2D eigenvalue weighted by Crippen LogP contribution is 2.21. The maximum absolute atomic E-state index is 12.2. The van der Waals surface area contributed by atoms with E-state index in [1.807, 2.05) is 0 Å². The molecule has 24 heavy (non-hydrogen) atoms. The molecular weight excluding hydrogens is 330 g/mol. The predicted octanol–water partition coefficient (Wildman–Crippen LogP) is 0.993. The summed E-state index contributed by atoms with van der Waals surface area (Å²) in [5.41, 5.74) is 1.58. The summed E-state index contributed by atoms with van der Waals surface area (Å²) in [6.45, 7) is 1.72. The largest absolute Gasteiger partial charge is 0.496 e.